The summed E-state index contributed by atoms with van der Waals surface area (Å²) in [4.78, 5) is 14.9. The highest BCUT2D eigenvalue weighted by Gasteiger charge is 2.22. The van der Waals surface area contributed by atoms with Crippen molar-refractivity contribution >= 4 is 5.78 Å². The predicted octanol–water partition coefficient (Wildman–Crippen LogP) is 3.20. The van der Waals surface area contributed by atoms with Crippen LogP contribution in [0.3, 0.4) is 0 Å². The van der Waals surface area contributed by atoms with Crippen LogP contribution in [0.25, 0.3) is 0 Å². The van der Waals surface area contributed by atoms with E-state index in [0.717, 1.165) is 18.5 Å². The molecule has 0 heterocycles. The molecule has 140 valence electrons. The highest BCUT2D eigenvalue weighted by molar-refractivity contribution is 5.99. The molecular weight excluding hydrogens is 326 g/mol. The van der Waals surface area contributed by atoms with Crippen LogP contribution in [-0.4, -0.2) is 54.7 Å². The Hall–Kier alpha value is -2.01. The summed E-state index contributed by atoms with van der Waals surface area (Å²) in [5.41, 5.74) is 1.67. The van der Waals surface area contributed by atoms with E-state index in [1.807, 2.05) is 55.6 Å². The summed E-state index contributed by atoms with van der Waals surface area (Å²) in [7, 11) is 1.98. The van der Waals surface area contributed by atoms with Gasteiger partial charge in [-0.2, -0.15) is 0 Å². The van der Waals surface area contributed by atoms with E-state index >= 15 is 0 Å². The zero-order valence-corrected chi connectivity index (χ0v) is 15.7. The molecule has 0 bridgehead atoms. The van der Waals surface area contributed by atoms with Gasteiger partial charge < -0.3 is 14.7 Å². The van der Waals surface area contributed by atoms with Crippen molar-refractivity contribution in [3.63, 3.8) is 0 Å². The van der Waals surface area contributed by atoms with Crippen molar-refractivity contribution in [3.8, 4) is 0 Å². The first-order chi connectivity index (χ1) is 12.6. The number of likely N-dealkylation sites (N-methyl/N-ethyl adjacent to an activating group) is 1. The van der Waals surface area contributed by atoms with Gasteiger partial charge in [0.2, 0.25) is 0 Å². The lowest BCUT2D eigenvalue weighted by molar-refractivity contribution is -0.0110. The van der Waals surface area contributed by atoms with Gasteiger partial charge in [0, 0.05) is 18.5 Å². The first-order valence-corrected chi connectivity index (χ1v) is 9.21. The van der Waals surface area contributed by atoms with Crippen molar-refractivity contribution in [2.24, 2.45) is 0 Å². The molecule has 2 aromatic carbocycles. The Morgan fingerprint density at radius 1 is 1.08 bits per heavy atom. The Kier molecular flexibility index (Phi) is 8.48. The molecule has 0 fully saturated rings. The summed E-state index contributed by atoms with van der Waals surface area (Å²) < 4.78 is 5.88. The molecule has 0 spiro atoms. The maximum Gasteiger partial charge on any atom is 0.191 e. The number of hydrogen-bond donors (Lipinski definition) is 1. The Morgan fingerprint density at radius 2 is 1.69 bits per heavy atom. The summed E-state index contributed by atoms with van der Waals surface area (Å²) in [5.74, 6) is -0.0523. The lowest BCUT2D eigenvalue weighted by Crippen LogP contribution is -2.36. The van der Waals surface area contributed by atoms with E-state index in [1.54, 1.807) is 12.1 Å². The molecule has 2 rings (SSSR count). The van der Waals surface area contributed by atoms with E-state index in [2.05, 4.69) is 11.8 Å². The fourth-order valence-corrected chi connectivity index (χ4v) is 2.96. The summed E-state index contributed by atoms with van der Waals surface area (Å²) in [5, 5.41) is 10.2. The maximum atomic E-state index is 12.9. The van der Waals surface area contributed by atoms with E-state index in [4.69, 9.17) is 4.74 Å². The van der Waals surface area contributed by atoms with E-state index in [0.29, 0.717) is 18.5 Å². The number of carbonyl (C=O) groups is 1. The fraction of sp³-hybridized carbons (Fsp3) is 0.409. The van der Waals surface area contributed by atoms with Crippen LogP contribution in [0.5, 0.6) is 0 Å². The smallest absolute Gasteiger partial charge is 0.191 e. The van der Waals surface area contributed by atoms with E-state index in [9.17, 15) is 9.90 Å². The van der Waals surface area contributed by atoms with Crippen molar-refractivity contribution in [1.82, 2.24) is 4.90 Å². The van der Waals surface area contributed by atoms with Gasteiger partial charge in [0.05, 0.1) is 12.7 Å². The number of aliphatic hydroxyl groups is 1. The third-order valence-corrected chi connectivity index (χ3v) is 4.23. The quantitative estimate of drug-likeness (QED) is 0.629. The molecule has 1 N–H and O–H groups in total. The number of ketones is 1. The minimum Gasteiger partial charge on any atom is -0.389 e. The van der Waals surface area contributed by atoms with E-state index in [-0.39, 0.29) is 12.4 Å². The number of nitrogens with zero attached hydrogens (tertiary/aromatic N) is 1. The number of rotatable bonds is 11. The third-order valence-electron chi connectivity index (χ3n) is 4.23. The van der Waals surface area contributed by atoms with Gasteiger partial charge in [-0.15, -0.1) is 0 Å². The molecule has 2 unspecified atom stereocenters. The number of aliphatic hydroxyl groups excluding tert-OH is 1. The summed E-state index contributed by atoms with van der Waals surface area (Å²) in [6.07, 6.45) is 0.304. The van der Waals surface area contributed by atoms with Gasteiger partial charge in [0.15, 0.2) is 5.78 Å². The van der Waals surface area contributed by atoms with Crippen LogP contribution in [0, 0.1) is 0 Å². The second kappa shape index (κ2) is 10.9. The highest BCUT2D eigenvalue weighted by atomic mass is 16.5. The molecule has 0 aliphatic heterocycles. The summed E-state index contributed by atoms with van der Waals surface area (Å²) in [6, 6.07) is 19.0. The number of Topliss-reactive ketones (excluding diaryl/α,β-unsaturated/α-hetero) is 1. The second-order valence-corrected chi connectivity index (χ2v) is 6.66. The molecule has 0 aromatic heterocycles. The summed E-state index contributed by atoms with van der Waals surface area (Å²) in [6.45, 7) is 3.71. The molecule has 0 aliphatic carbocycles. The lowest BCUT2D eigenvalue weighted by Gasteiger charge is -2.23. The van der Waals surface area contributed by atoms with Crippen molar-refractivity contribution in [2.75, 3.05) is 26.7 Å². The standard InChI is InChI=1S/C22H29NO3/c1-3-14-23(2)16-20(24)17-26-21(15-18-10-6-4-7-11-18)22(25)19-12-8-5-9-13-19/h4-13,20-21,24H,3,14-17H2,1-2H3. The number of hydrogen-bond acceptors (Lipinski definition) is 4. The molecule has 4 nitrogen and oxygen atoms in total. The van der Waals surface area contributed by atoms with Crippen LogP contribution in [0.2, 0.25) is 0 Å². The van der Waals surface area contributed by atoms with Crippen LogP contribution in [0.4, 0.5) is 0 Å². The van der Waals surface area contributed by atoms with E-state index in [1.165, 1.54) is 0 Å². The minimum absolute atomic E-state index is 0.0523. The topological polar surface area (TPSA) is 49.8 Å². The molecule has 0 radical (unpaired) electrons. The first kappa shape index (κ1) is 20.3. The van der Waals surface area contributed by atoms with Gasteiger partial charge in [-0.05, 0) is 25.6 Å². The largest absolute Gasteiger partial charge is 0.389 e. The zero-order valence-electron chi connectivity index (χ0n) is 15.7. The Balaban J connectivity index is 2.02. The zero-order chi connectivity index (χ0) is 18.8. The molecule has 0 aliphatic rings. The van der Waals surface area contributed by atoms with Crippen molar-refractivity contribution in [2.45, 2.75) is 32.0 Å². The molecule has 0 saturated heterocycles. The van der Waals surface area contributed by atoms with Gasteiger partial charge in [-0.3, -0.25) is 4.79 Å². The molecular formula is C22H29NO3. The molecule has 0 amide bonds. The third kappa shape index (κ3) is 6.71. The van der Waals surface area contributed by atoms with Crippen LogP contribution >= 0.6 is 0 Å². The van der Waals surface area contributed by atoms with Crippen molar-refractivity contribution in [3.05, 3.63) is 71.8 Å². The molecule has 4 heteroatoms. The molecule has 0 saturated carbocycles. The highest BCUT2D eigenvalue weighted by Crippen LogP contribution is 2.13. The Bertz CT molecular complexity index is 645. The van der Waals surface area contributed by atoms with Gasteiger partial charge in [0.25, 0.3) is 0 Å². The SMILES string of the molecule is CCCN(C)CC(O)COC(Cc1ccccc1)C(=O)c1ccccc1. The number of carbonyl (C=O) groups excluding carboxylic acids is 1. The minimum atomic E-state index is -0.617. The van der Waals surface area contributed by atoms with Crippen LogP contribution in [0.1, 0.15) is 29.3 Å². The molecule has 2 atom stereocenters. The van der Waals surface area contributed by atoms with E-state index < -0.39 is 12.2 Å². The summed E-state index contributed by atoms with van der Waals surface area (Å²) >= 11 is 0. The van der Waals surface area contributed by atoms with Gasteiger partial charge >= 0.3 is 0 Å². The molecule has 26 heavy (non-hydrogen) atoms. The van der Waals surface area contributed by atoms with Crippen molar-refractivity contribution < 1.29 is 14.6 Å². The van der Waals surface area contributed by atoms with Crippen LogP contribution in [0.15, 0.2) is 60.7 Å². The van der Waals surface area contributed by atoms with Gasteiger partial charge in [0.1, 0.15) is 6.10 Å². The van der Waals surface area contributed by atoms with Crippen LogP contribution in [-0.2, 0) is 11.2 Å². The number of benzene rings is 2. The second-order valence-electron chi connectivity index (χ2n) is 6.66. The normalized spacial score (nSPS) is 13.5. The monoisotopic (exact) mass is 355 g/mol. The van der Waals surface area contributed by atoms with Crippen LogP contribution < -0.4 is 0 Å². The molecule has 2 aromatic rings. The predicted molar refractivity (Wildman–Crippen MR) is 104 cm³/mol. The van der Waals surface area contributed by atoms with Gasteiger partial charge in [-0.25, -0.2) is 0 Å². The number of ether oxygens (including phenoxy) is 1. The average molecular weight is 355 g/mol. The fourth-order valence-electron chi connectivity index (χ4n) is 2.96. The maximum absolute atomic E-state index is 12.9. The lowest BCUT2D eigenvalue weighted by atomic mass is 10.00. The first-order valence-electron chi connectivity index (χ1n) is 9.21. The van der Waals surface area contributed by atoms with Gasteiger partial charge in [-0.1, -0.05) is 67.6 Å². The Morgan fingerprint density at radius 3 is 2.31 bits per heavy atom. The van der Waals surface area contributed by atoms with Crippen molar-refractivity contribution in [1.29, 1.82) is 0 Å². The Labute approximate surface area is 156 Å². The average Bonchev–Trinajstić information content (AvgIpc) is 2.66.